The van der Waals surface area contributed by atoms with Crippen LogP contribution in [0.1, 0.15) is 25.0 Å². The Morgan fingerprint density at radius 3 is 2.20 bits per heavy atom. The summed E-state index contributed by atoms with van der Waals surface area (Å²) in [6, 6.07) is 8.01. The van der Waals surface area contributed by atoms with Crippen LogP contribution in [0.25, 0.3) is 0 Å². The second kappa shape index (κ2) is 6.39. The molecule has 0 saturated carbocycles. The van der Waals surface area contributed by atoms with Crippen LogP contribution in [-0.2, 0) is 19.5 Å². The van der Waals surface area contributed by atoms with Gasteiger partial charge < -0.3 is 0 Å². The quantitative estimate of drug-likeness (QED) is 0.760. The molecule has 0 unspecified atom stereocenters. The predicted molar refractivity (Wildman–Crippen MR) is 88.3 cm³/mol. The summed E-state index contributed by atoms with van der Waals surface area (Å²) in [6.07, 6.45) is 2.59. The zero-order valence-electron chi connectivity index (χ0n) is 11.6. The van der Waals surface area contributed by atoms with Gasteiger partial charge in [-0.15, -0.1) is 0 Å². The minimum absolute atomic E-state index is 0.222. The Hall–Kier alpha value is -1.37. The first-order valence-corrected chi connectivity index (χ1v) is 7.72. The van der Waals surface area contributed by atoms with Crippen LogP contribution >= 0.6 is 22.6 Å². The highest BCUT2D eigenvalue weighted by Crippen LogP contribution is 2.06. The molecule has 0 atom stereocenters. The highest BCUT2D eigenvalue weighted by molar-refractivity contribution is 14.1. The van der Waals surface area contributed by atoms with Crippen LogP contribution in [-0.4, -0.2) is 9.13 Å². The van der Waals surface area contributed by atoms with Gasteiger partial charge in [-0.1, -0.05) is 31.2 Å². The van der Waals surface area contributed by atoms with E-state index in [1.54, 1.807) is 10.8 Å². The largest absolute Gasteiger partial charge is 0.331 e. The third-order valence-electron chi connectivity index (χ3n) is 3.31. The number of benzene rings is 1. The van der Waals surface area contributed by atoms with E-state index in [1.807, 2.05) is 53.8 Å². The Balaban J connectivity index is 2.44. The number of rotatable bonds is 4. The maximum absolute atomic E-state index is 12.2. The number of nitrogens with zero attached hydrogens (tertiary/aromatic N) is 2. The Morgan fingerprint density at radius 1 is 1.05 bits per heavy atom. The van der Waals surface area contributed by atoms with Gasteiger partial charge in [0.2, 0.25) is 0 Å². The summed E-state index contributed by atoms with van der Waals surface area (Å²) < 4.78 is 3.42. The molecule has 0 saturated heterocycles. The van der Waals surface area contributed by atoms with Gasteiger partial charge in [-0.25, -0.2) is 4.79 Å². The van der Waals surface area contributed by atoms with Crippen molar-refractivity contribution in [3.8, 4) is 0 Å². The van der Waals surface area contributed by atoms with Crippen molar-refractivity contribution in [3.63, 3.8) is 0 Å². The first kappa shape index (κ1) is 15.0. The lowest BCUT2D eigenvalue weighted by Gasteiger charge is -2.10. The average molecular weight is 384 g/mol. The van der Waals surface area contributed by atoms with Crippen molar-refractivity contribution in [1.82, 2.24) is 9.13 Å². The van der Waals surface area contributed by atoms with Gasteiger partial charge in [0.1, 0.15) is 0 Å². The number of halogens is 1. The van der Waals surface area contributed by atoms with Crippen molar-refractivity contribution in [3.05, 3.63) is 66.0 Å². The molecule has 0 fully saturated rings. The molecule has 0 aliphatic rings. The highest BCUT2D eigenvalue weighted by Gasteiger charge is 2.09. The van der Waals surface area contributed by atoms with Crippen LogP contribution in [0.2, 0.25) is 0 Å². The van der Waals surface area contributed by atoms with Crippen molar-refractivity contribution in [1.29, 1.82) is 0 Å². The van der Waals surface area contributed by atoms with Gasteiger partial charge in [0.15, 0.2) is 0 Å². The van der Waals surface area contributed by atoms with E-state index in [1.165, 1.54) is 10.1 Å². The smallest absolute Gasteiger partial charge is 0.300 e. The summed E-state index contributed by atoms with van der Waals surface area (Å²) >= 11 is 1.98. The predicted octanol–water partition coefficient (Wildman–Crippen LogP) is 2.25. The maximum Gasteiger partial charge on any atom is 0.331 e. The molecule has 1 aromatic heterocycles. The molecule has 0 aliphatic carbocycles. The van der Waals surface area contributed by atoms with E-state index in [2.05, 4.69) is 6.92 Å². The zero-order chi connectivity index (χ0) is 14.7. The Morgan fingerprint density at radius 2 is 1.65 bits per heavy atom. The highest BCUT2D eigenvalue weighted by atomic mass is 127. The van der Waals surface area contributed by atoms with Crippen molar-refractivity contribution in [2.45, 2.75) is 33.4 Å². The molecular formula is C15H17IN2O2. The molecule has 1 heterocycles. The van der Waals surface area contributed by atoms with Crippen LogP contribution in [0.15, 0.2) is 40.1 Å². The summed E-state index contributed by atoms with van der Waals surface area (Å²) in [6.45, 7) is 4.86. The minimum Gasteiger partial charge on any atom is -0.300 e. The summed E-state index contributed by atoms with van der Waals surface area (Å²) in [5, 5.41) is 0. The van der Waals surface area contributed by atoms with Gasteiger partial charge in [0.05, 0.1) is 10.1 Å². The van der Waals surface area contributed by atoms with Gasteiger partial charge in [-0.2, -0.15) is 0 Å². The van der Waals surface area contributed by atoms with Crippen molar-refractivity contribution in [2.75, 3.05) is 0 Å². The van der Waals surface area contributed by atoms with Crippen LogP contribution in [0.3, 0.4) is 0 Å². The minimum atomic E-state index is -0.252. The molecule has 0 amide bonds. The molecule has 2 rings (SSSR count). The first-order chi connectivity index (χ1) is 9.56. The van der Waals surface area contributed by atoms with E-state index >= 15 is 0 Å². The first-order valence-electron chi connectivity index (χ1n) is 6.64. The standard InChI is InChI=1S/C15H17IN2O2/c1-3-11-5-7-12(8-6-11)9-18-14(19)13(16)10-17(4-2)15(18)20/h5-8,10H,3-4,9H2,1-2H3. The van der Waals surface area contributed by atoms with Crippen molar-refractivity contribution >= 4 is 22.6 Å². The topological polar surface area (TPSA) is 44.0 Å². The lowest BCUT2D eigenvalue weighted by Crippen LogP contribution is -2.40. The summed E-state index contributed by atoms with van der Waals surface area (Å²) in [5.74, 6) is 0. The molecule has 5 heteroatoms. The van der Waals surface area contributed by atoms with Crippen LogP contribution in [0, 0.1) is 3.57 Å². The van der Waals surface area contributed by atoms with Crippen LogP contribution < -0.4 is 11.2 Å². The molecule has 4 nitrogen and oxygen atoms in total. The number of hydrogen-bond donors (Lipinski definition) is 0. The van der Waals surface area contributed by atoms with Gasteiger partial charge in [0, 0.05) is 12.7 Å². The molecule has 0 radical (unpaired) electrons. The maximum atomic E-state index is 12.2. The van der Waals surface area contributed by atoms with E-state index in [-0.39, 0.29) is 11.2 Å². The van der Waals surface area contributed by atoms with Gasteiger partial charge in [0.25, 0.3) is 5.56 Å². The summed E-state index contributed by atoms with van der Waals surface area (Å²) in [4.78, 5) is 24.4. The Kier molecular flexibility index (Phi) is 4.80. The molecule has 0 N–H and O–H groups in total. The Labute approximate surface area is 131 Å². The number of aromatic nitrogens is 2. The van der Waals surface area contributed by atoms with E-state index in [0.717, 1.165) is 12.0 Å². The molecule has 20 heavy (non-hydrogen) atoms. The monoisotopic (exact) mass is 384 g/mol. The number of aryl methyl sites for hydroxylation is 2. The van der Waals surface area contributed by atoms with Gasteiger partial charge >= 0.3 is 5.69 Å². The number of hydrogen-bond acceptors (Lipinski definition) is 2. The fraction of sp³-hybridized carbons (Fsp3) is 0.333. The molecule has 2 aromatic rings. The Bertz CT molecular complexity index is 714. The third kappa shape index (κ3) is 3.03. The van der Waals surface area contributed by atoms with E-state index in [4.69, 9.17) is 0 Å². The van der Waals surface area contributed by atoms with E-state index in [0.29, 0.717) is 16.7 Å². The normalized spacial score (nSPS) is 10.8. The average Bonchev–Trinajstić information content (AvgIpc) is 2.48. The van der Waals surface area contributed by atoms with Crippen LogP contribution in [0.5, 0.6) is 0 Å². The fourth-order valence-corrected chi connectivity index (χ4v) is 2.67. The molecule has 106 valence electrons. The van der Waals surface area contributed by atoms with Gasteiger partial charge in [-0.05, 0) is 47.1 Å². The van der Waals surface area contributed by atoms with E-state index < -0.39 is 0 Å². The lowest BCUT2D eigenvalue weighted by molar-refractivity contribution is 0.595. The van der Waals surface area contributed by atoms with Crippen molar-refractivity contribution in [2.24, 2.45) is 0 Å². The second-order valence-corrected chi connectivity index (χ2v) is 5.77. The second-order valence-electron chi connectivity index (χ2n) is 4.61. The third-order valence-corrected chi connectivity index (χ3v) is 4.05. The summed E-state index contributed by atoms with van der Waals surface area (Å²) in [7, 11) is 0. The van der Waals surface area contributed by atoms with Crippen molar-refractivity contribution < 1.29 is 0 Å². The molecule has 0 aliphatic heterocycles. The lowest BCUT2D eigenvalue weighted by atomic mass is 10.1. The molecular weight excluding hydrogens is 367 g/mol. The molecule has 1 aromatic carbocycles. The SMILES string of the molecule is CCc1ccc(Cn2c(=O)c(I)cn(CC)c2=O)cc1. The fourth-order valence-electron chi connectivity index (χ4n) is 2.05. The molecule has 0 bridgehead atoms. The van der Waals surface area contributed by atoms with Crippen LogP contribution in [0.4, 0.5) is 0 Å². The molecule has 0 spiro atoms. The van der Waals surface area contributed by atoms with E-state index in [9.17, 15) is 9.59 Å². The summed E-state index contributed by atoms with van der Waals surface area (Å²) in [5.41, 5.74) is 1.73. The zero-order valence-corrected chi connectivity index (χ0v) is 13.8. The van der Waals surface area contributed by atoms with Gasteiger partial charge in [-0.3, -0.25) is 13.9 Å².